The van der Waals surface area contributed by atoms with Gasteiger partial charge in [0.2, 0.25) is 0 Å². The van der Waals surface area contributed by atoms with E-state index in [1.165, 1.54) is 11.6 Å². The molecule has 17 heavy (non-hydrogen) atoms. The zero-order chi connectivity index (χ0) is 12.1. The lowest BCUT2D eigenvalue weighted by Crippen LogP contribution is -2.02. The van der Waals surface area contributed by atoms with Crippen molar-refractivity contribution in [2.24, 2.45) is 0 Å². The van der Waals surface area contributed by atoms with E-state index in [1.54, 1.807) is 23.5 Å². The van der Waals surface area contributed by atoms with Gasteiger partial charge in [-0.1, -0.05) is 6.07 Å². The van der Waals surface area contributed by atoms with Gasteiger partial charge in [-0.2, -0.15) is 11.3 Å². The highest BCUT2D eigenvalue weighted by Gasteiger charge is 2.04. The van der Waals surface area contributed by atoms with Crippen LogP contribution in [0.4, 0.5) is 4.39 Å². The number of hydrogen-bond acceptors (Lipinski definition) is 3. The molecule has 0 bridgehead atoms. The van der Waals surface area contributed by atoms with Crippen LogP contribution in [0.15, 0.2) is 35.0 Å². The molecule has 0 saturated heterocycles. The van der Waals surface area contributed by atoms with Crippen LogP contribution < -0.4 is 4.74 Å². The van der Waals surface area contributed by atoms with E-state index in [2.05, 4.69) is 5.38 Å². The Labute approximate surface area is 103 Å². The van der Waals surface area contributed by atoms with Crippen LogP contribution in [0.25, 0.3) is 0 Å². The number of aliphatic hydroxyl groups is 1. The molecule has 0 radical (unpaired) electrons. The molecule has 4 heteroatoms. The monoisotopic (exact) mass is 252 g/mol. The predicted octanol–water partition coefficient (Wildman–Crippen LogP) is 3.00. The minimum Gasteiger partial charge on any atom is -0.490 e. The Bertz CT molecular complexity index is 468. The van der Waals surface area contributed by atoms with Crippen LogP contribution in [-0.2, 0) is 13.0 Å². The molecule has 0 aliphatic rings. The fourth-order valence-corrected chi connectivity index (χ4v) is 2.18. The highest BCUT2D eigenvalue weighted by molar-refractivity contribution is 7.07. The van der Waals surface area contributed by atoms with Crippen molar-refractivity contribution < 1.29 is 14.2 Å². The topological polar surface area (TPSA) is 29.5 Å². The van der Waals surface area contributed by atoms with Crippen molar-refractivity contribution in [1.29, 1.82) is 0 Å². The van der Waals surface area contributed by atoms with Gasteiger partial charge in [0.05, 0.1) is 13.2 Å². The lowest BCUT2D eigenvalue weighted by molar-refractivity contribution is 0.279. The van der Waals surface area contributed by atoms with Crippen LogP contribution in [-0.4, -0.2) is 11.7 Å². The molecular weight excluding hydrogens is 239 g/mol. The SMILES string of the molecule is OCc1ccc(OCCc2ccsc2)c(F)c1. The van der Waals surface area contributed by atoms with E-state index in [4.69, 9.17) is 9.84 Å². The average Bonchev–Trinajstić information content (AvgIpc) is 2.84. The summed E-state index contributed by atoms with van der Waals surface area (Å²) in [4.78, 5) is 0. The Morgan fingerprint density at radius 1 is 1.24 bits per heavy atom. The maximum atomic E-state index is 13.5. The van der Waals surface area contributed by atoms with Crippen molar-refractivity contribution in [3.8, 4) is 5.75 Å². The standard InChI is InChI=1S/C13H13FO2S/c14-12-7-11(8-15)1-2-13(12)16-5-3-10-4-6-17-9-10/h1-2,4,6-7,9,15H,3,5,8H2. The first-order valence-electron chi connectivity index (χ1n) is 5.33. The van der Waals surface area contributed by atoms with Gasteiger partial charge in [0, 0.05) is 6.42 Å². The number of benzene rings is 1. The van der Waals surface area contributed by atoms with Gasteiger partial charge in [0.25, 0.3) is 0 Å². The van der Waals surface area contributed by atoms with E-state index in [9.17, 15) is 4.39 Å². The summed E-state index contributed by atoms with van der Waals surface area (Å²) in [7, 11) is 0. The van der Waals surface area contributed by atoms with Crippen LogP contribution in [0, 0.1) is 5.82 Å². The molecule has 2 aromatic rings. The van der Waals surface area contributed by atoms with Crippen molar-refractivity contribution in [3.05, 3.63) is 52.0 Å². The Morgan fingerprint density at radius 3 is 2.76 bits per heavy atom. The van der Waals surface area contributed by atoms with E-state index >= 15 is 0 Å². The van der Waals surface area contributed by atoms with Crippen molar-refractivity contribution in [2.75, 3.05) is 6.61 Å². The van der Waals surface area contributed by atoms with Gasteiger partial charge >= 0.3 is 0 Å². The van der Waals surface area contributed by atoms with E-state index in [0.29, 0.717) is 12.2 Å². The molecular formula is C13H13FO2S. The summed E-state index contributed by atoms with van der Waals surface area (Å²) in [5.41, 5.74) is 1.75. The molecule has 1 heterocycles. The van der Waals surface area contributed by atoms with Gasteiger partial charge < -0.3 is 9.84 Å². The molecule has 90 valence electrons. The summed E-state index contributed by atoms with van der Waals surface area (Å²) in [5, 5.41) is 12.9. The second-order valence-corrected chi connectivity index (χ2v) is 4.43. The van der Waals surface area contributed by atoms with E-state index in [-0.39, 0.29) is 12.4 Å². The van der Waals surface area contributed by atoms with Crippen LogP contribution >= 0.6 is 11.3 Å². The van der Waals surface area contributed by atoms with E-state index in [0.717, 1.165) is 6.42 Å². The Kier molecular flexibility index (Phi) is 4.12. The molecule has 0 aliphatic carbocycles. The quantitative estimate of drug-likeness (QED) is 0.886. The smallest absolute Gasteiger partial charge is 0.165 e. The molecule has 1 aromatic heterocycles. The normalized spacial score (nSPS) is 10.5. The molecule has 1 N–H and O–H groups in total. The summed E-state index contributed by atoms with van der Waals surface area (Å²) < 4.78 is 18.8. The molecule has 0 spiro atoms. The molecule has 2 nitrogen and oxygen atoms in total. The lowest BCUT2D eigenvalue weighted by Gasteiger charge is -2.07. The molecule has 0 unspecified atom stereocenters. The third-order valence-electron chi connectivity index (χ3n) is 2.41. The molecule has 0 fully saturated rings. The van der Waals surface area contributed by atoms with Gasteiger partial charge in [0.15, 0.2) is 11.6 Å². The number of aliphatic hydroxyl groups excluding tert-OH is 1. The largest absolute Gasteiger partial charge is 0.490 e. The molecule has 1 aromatic carbocycles. The van der Waals surface area contributed by atoms with Gasteiger partial charge in [-0.15, -0.1) is 0 Å². The van der Waals surface area contributed by atoms with Crippen molar-refractivity contribution in [2.45, 2.75) is 13.0 Å². The van der Waals surface area contributed by atoms with E-state index in [1.807, 2.05) is 11.4 Å². The van der Waals surface area contributed by atoms with Gasteiger partial charge in [-0.3, -0.25) is 0 Å². The maximum absolute atomic E-state index is 13.5. The number of thiophene rings is 1. The maximum Gasteiger partial charge on any atom is 0.165 e. The van der Waals surface area contributed by atoms with Crippen LogP contribution in [0.1, 0.15) is 11.1 Å². The summed E-state index contributed by atoms with van der Waals surface area (Å²) in [5.74, 6) is -0.195. The first-order chi connectivity index (χ1) is 8.29. The van der Waals surface area contributed by atoms with E-state index < -0.39 is 5.82 Å². The van der Waals surface area contributed by atoms with Crippen molar-refractivity contribution in [3.63, 3.8) is 0 Å². The van der Waals surface area contributed by atoms with Crippen LogP contribution in [0.5, 0.6) is 5.75 Å². The van der Waals surface area contributed by atoms with Gasteiger partial charge in [0.1, 0.15) is 0 Å². The molecule has 0 atom stereocenters. The fraction of sp³-hybridized carbons (Fsp3) is 0.231. The Balaban J connectivity index is 1.90. The Morgan fingerprint density at radius 2 is 2.12 bits per heavy atom. The molecule has 0 saturated carbocycles. The summed E-state index contributed by atoms with van der Waals surface area (Å²) >= 11 is 1.64. The number of halogens is 1. The van der Waals surface area contributed by atoms with Crippen LogP contribution in [0.2, 0.25) is 0 Å². The summed E-state index contributed by atoms with van der Waals surface area (Å²) in [6, 6.07) is 6.52. The number of ether oxygens (including phenoxy) is 1. The minimum atomic E-state index is -0.429. The van der Waals surface area contributed by atoms with Gasteiger partial charge in [-0.25, -0.2) is 4.39 Å². The third-order valence-corrected chi connectivity index (χ3v) is 3.14. The Hall–Kier alpha value is -1.39. The molecule has 2 rings (SSSR count). The minimum absolute atomic E-state index is 0.161. The third kappa shape index (κ3) is 3.28. The number of hydrogen-bond donors (Lipinski definition) is 1. The zero-order valence-electron chi connectivity index (χ0n) is 9.23. The first kappa shape index (κ1) is 12.1. The van der Waals surface area contributed by atoms with Gasteiger partial charge in [-0.05, 0) is 40.1 Å². The summed E-state index contributed by atoms with van der Waals surface area (Å²) in [6.45, 7) is 0.290. The van der Waals surface area contributed by atoms with Crippen LogP contribution in [0.3, 0.4) is 0 Å². The fourth-order valence-electron chi connectivity index (χ4n) is 1.47. The zero-order valence-corrected chi connectivity index (χ0v) is 10.0. The molecule has 0 amide bonds. The van der Waals surface area contributed by atoms with Crippen molar-refractivity contribution >= 4 is 11.3 Å². The predicted molar refractivity (Wildman–Crippen MR) is 65.8 cm³/mol. The first-order valence-corrected chi connectivity index (χ1v) is 6.27. The second kappa shape index (κ2) is 5.80. The number of rotatable bonds is 5. The highest BCUT2D eigenvalue weighted by Crippen LogP contribution is 2.18. The summed E-state index contributed by atoms with van der Waals surface area (Å²) in [6.07, 6.45) is 0.769. The second-order valence-electron chi connectivity index (χ2n) is 3.65. The molecule has 0 aliphatic heterocycles. The lowest BCUT2D eigenvalue weighted by atomic mass is 10.2. The average molecular weight is 252 g/mol. The highest BCUT2D eigenvalue weighted by atomic mass is 32.1. The van der Waals surface area contributed by atoms with Crippen molar-refractivity contribution in [1.82, 2.24) is 0 Å².